The standard InChI is InChI=1S/C23H22FN5O4/c1-32-18-8-7-14(11-19(18)33-2)9-10-25-22-26-12-16-20(27-22)28-23(31)29(21(16)30)13-15-5-3-4-6-17(15)24/h3-8,11-12H,9-10,13H2,1-2H3,(H2,25,26,27,28,31). The van der Waals surface area contributed by atoms with Crippen LogP contribution in [0.25, 0.3) is 11.0 Å². The predicted molar refractivity (Wildman–Crippen MR) is 122 cm³/mol. The molecule has 2 N–H and O–H groups in total. The molecule has 10 heteroatoms. The van der Waals surface area contributed by atoms with E-state index in [0.29, 0.717) is 24.5 Å². The molecule has 0 atom stereocenters. The van der Waals surface area contributed by atoms with E-state index in [2.05, 4.69) is 20.3 Å². The Bertz CT molecular complexity index is 1420. The molecule has 0 aliphatic carbocycles. The Morgan fingerprint density at radius 1 is 1.09 bits per heavy atom. The van der Waals surface area contributed by atoms with Crippen molar-refractivity contribution in [2.75, 3.05) is 26.1 Å². The second kappa shape index (κ2) is 9.51. The first-order valence-electron chi connectivity index (χ1n) is 10.2. The first kappa shape index (κ1) is 22.0. The number of nitrogens with zero attached hydrogens (tertiary/aromatic N) is 3. The van der Waals surface area contributed by atoms with Gasteiger partial charge in [-0.2, -0.15) is 4.98 Å². The molecule has 2 aromatic heterocycles. The molecule has 0 bridgehead atoms. The third kappa shape index (κ3) is 4.69. The number of hydrogen-bond donors (Lipinski definition) is 2. The van der Waals surface area contributed by atoms with Gasteiger partial charge < -0.3 is 14.8 Å². The summed E-state index contributed by atoms with van der Waals surface area (Å²) in [6, 6.07) is 11.6. The topological polar surface area (TPSA) is 111 Å². The Labute approximate surface area is 187 Å². The number of benzene rings is 2. The van der Waals surface area contributed by atoms with Gasteiger partial charge in [0.15, 0.2) is 17.1 Å². The van der Waals surface area contributed by atoms with Gasteiger partial charge in [0.25, 0.3) is 5.56 Å². The first-order valence-corrected chi connectivity index (χ1v) is 10.2. The zero-order valence-electron chi connectivity index (χ0n) is 18.1. The maximum Gasteiger partial charge on any atom is 0.330 e. The Hall–Kier alpha value is -4.21. The molecule has 2 heterocycles. The van der Waals surface area contributed by atoms with Gasteiger partial charge in [-0.1, -0.05) is 24.3 Å². The van der Waals surface area contributed by atoms with Crippen LogP contribution in [0.5, 0.6) is 11.5 Å². The number of nitrogens with one attached hydrogen (secondary N) is 2. The van der Waals surface area contributed by atoms with Crippen molar-refractivity contribution in [1.29, 1.82) is 0 Å². The molecule has 0 fully saturated rings. The number of aromatic amines is 1. The quantitative estimate of drug-likeness (QED) is 0.423. The SMILES string of the molecule is COc1ccc(CCNc2ncc3c(=O)n(Cc4ccccc4F)c(=O)[nH]c3n2)cc1OC. The smallest absolute Gasteiger partial charge is 0.330 e. The van der Waals surface area contributed by atoms with Gasteiger partial charge in [0.1, 0.15) is 11.2 Å². The van der Waals surface area contributed by atoms with Crippen molar-refractivity contribution in [3.63, 3.8) is 0 Å². The van der Waals surface area contributed by atoms with Crippen LogP contribution in [-0.2, 0) is 13.0 Å². The van der Waals surface area contributed by atoms with Crippen LogP contribution in [0.3, 0.4) is 0 Å². The zero-order valence-corrected chi connectivity index (χ0v) is 18.1. The van der Waals surface area contributed by atoms with E-state index in [0.717, 1.165) is 10.1 Å². The van der Waals surface area contributed by atoms with Gasteiger partial charge in [-0.15, -0.1) is 0 Å². The molecule has 0 aliphatic rings. The number of fused-ring (bicyclic) bond motifs is 1. The molecule has 0 aliphatic heterocycles. The number of aromatic nitrogens is 4. The molecule has 9 nitrogen and oxygen atoms in total. The summed E-state index contributed by atoms with van der Waals surface area (Å²) in [5.41, 5.74) is 0.0993. The summed E-state index contributed by atoms with van der Waals surface area (Å²) in [5, 5.41) is 3.21. The van der Waals surface area contributed by atoms with Crippen LogP contribution in [0.4, 0.5) is 10.3 Å². The predicted octanol–water partition coefficient (Wildman–Crippen LogP) is 2.34. The van der Waals surface area contributed by atoms with Crippen molar-refractivity contribution in [2.24, 2.45) is 0 Å². The summed E-state index contributed by atoms with van der Waals surface area (Å²) in [6.45, 7) is 0.317. The lowest BCUT2D eigenvalue weighted by Gasteiger charge is -2.10. The van der Waals surface area contributed by atoms with Crippen LogP contribution in [0.2, 0.25) is 0 Å². The number of ether oxygens (including phenoxy) is 2. The van der Waals surface area contributed by atoms with Crippen molar-refractivity contribution in [3.05, 3.63) is 86.4 Å². The Kier molecular flexibility index (Phi) is 6.34. The monoisotopic (exact) mass is 451 g/mol. The van der Waals surface area contributed by atoms with Crippen molar-refractivity contribution in [1.82, 2.24) is 19.5 Å². The number of anilines is 1. The molecule has 0 saturated carbocycles. The largest absolute Gasteiger partial charge is 0.493 e. The van der Waals surface area contributed by atoms with E-state index in [-0.39, 0.29) is 29.1 Å². The van der Waals surface area contributed by atoms with Gasteiger partial charge in [-0.25, -0.2) is 14.2 Å². The minimum atomic E-state index is -0.675. The van der Waals surface area contributed by atoms with E-state index in [1.54, 1.807) is 26.4 Å². The van der Waals surface area contributed by atoms with Crippen LogP contribution < -0.4 is 26.0 Å². The fourth-order valence-corrected chi connectivity index (χ4v) is 3.42. The van der Waals surface area contributed by atoms with E-state index in [1.807, 2.05) is 18.2 Å². The Morgan fingerprint density at radius 2 is 1.88 bits per heavy atom. The zero-order chi connectivity index (χ0) is 23.4. The summed E-state index contributed by atoms with van der Waals surface area (Å²) in [6.07, 6.45) is 2.00. The van der Waals surface area contributed by atoms with E-state index >= 15 is 0 Å². The van der Waals surface area contributed by atoms with Crippen LogP contribution in [0, 0.1) is 5.82 Å². The van der Waals surface area contributed by atoms with Gasteiger partial charge in [0.2, 0.25) is 5.95 Å². The summed E-state index contributed by atoms with van der Waals surface area (Å²) in [7, 11) is 3.16. The van der Waals surface area contributed by atoms with Crippen LogP contribution in [-0.4, -0.2) is 40.3 Å². The van der Waals surface area contributed by atoms with Gasteiger partial charge in [-0.3, -0.25) is 14.3 Å². The average Bonchev–Trinajstić information content (AvgIpc) is 2.82. The summed E-state index contributed by atoms with van der Waals surface area (Å²) in [4.78, 5) is 36.3. The molecule has 0 radical (unpaired) electrons. The summed E-state index contributed by atoms with van der Waals surface area (Å²) in [5.74, 6) is 1.07. The van der Waals surface area contributed by atoms with Crippen molar-refractivity contribution < 1.29 is 13.9 Å². The molecule has 33 heavy (non-hydrogen) atoms. The maximum atomic E-state index is 14.0. The first-order chi connectivity index (χ1) is 16.0. The normalized spacial score (nSPS) is 10.9. The Morgan fingerprint density at radius 3 is 2.64 bits per heavy atom. The lowest BCUT2D eigenvalue weighted by Crippen LogP contribution is -2.36. The van der Waals surface area contributed by atoms with Crippen LogP contribution in [0.15, 0.2) is 58.3 Å². The van der Waals surface area contributed by atoms with Gasteiger partial charge in [-0.05, 0) is 30.2 Å². The number of halogens is 1. The van der Waals surface area contributed by atoms with Crippen molar-refractivity contribution in [3.8, 4) is 11.5 Å². The molecule has 4 aromatic rings. The third-order valence-corrected chi connectivity index (χ3v) is 5.17. The second-order valence-electron chi connectivity index (χ2n) is 7.23. The molecular formula is C23H22FN5O4. The van der Waals surface area contributed by atoms with E-state index < -0.39 is 17.1 Å². The number of hydrogen-bond acceptors (Lipinski definition) is 7. The highest BCUT2D eigenvalue weighted by molar-refractivity contribution is 5.73. The summed E-state index contributed by atoms with van der Waals surface area (Å²) < 4.78 is 25.4. The van der Waals surface area contributed by atoms with Crippen LogP contribution in [0.1, 0.15) is 11.1 Å². The highest BCUT2D eigenvalue weighted by Gasteiger charge is 2.12. The van der Waals surface area contributed by atoms with E-state index in [9.17, 15) is 14.0 Å². The summed E-state index contributed by atoms with van der Waals surface area (Å²) >= 11 is 0. The number of rotatable bonds is 8. The molecular weight excluding hydrogens is 429 g/mol. The van der Waals surface area contributed by atoms with Gasteiger partial charge in [0, 0.05) is 18.3 Å². The van der Waals surface area contributed by atoms with E-state index in [4.69, 9.17) is 9.47 Å². The minimum Gasteiger partial charge on any atom is -0.493 e. The molecule has 0 amide bonds. The molecule has 2 aromatic carbocycles. The van der Waals surface area contributed by atoms with E-state index in [1.165, 1.54) is 18.3 Å². The fraction of sp³-hybridized carbons (Fsp3) is 0.217. The lowest BCUT2D eigenvalue weighted by atomic mass is 10.1. The molecule has 0 saturated heterocycles. The second-order valence-corrected chi connectivity index (χ2v) is 7.23. The highest BCUT2D eigenvalue weighted by atomic mass is 19.1. The minimum absolute atomic E-state index is 0.110. The van der Waals surface area contributed by atoms with Crippen molar-refractivity contribution >= 4 is 17.0 Å². The average molecular weight is 451 g/mol. The molecule has 0 spiro atoms. The molecule has 170 valence electrons. The Balaban J connectivity index is 1.51. The van der Waals surface area contributed by atoms with Gasteiger partial charge in [0.05, 0.1) is 20.8 Å². The number of methoxy groups -OCH3 is 2. The highest BCUT2D eigenvalue weighted by Crippen LogP contribution is 2.27. The molecule has 4 rings (SSSR count). The lowest BCUT2D eigenvalue weighted by molar-refractivity contribution is 0.354. The fourth-order valence-electron chi connectivity index (χ4n) is 3.42. The van der Waals surface area contributed by atoms with Crippen LogP contribution >= 0.6 is 0 Å². The third-order valence-electron chi connectivity index (χ3n) is 5.17. The van der Waals surface area contributed by atoms with Gasteiger partial charge >= 0.3 is 5.69 Å². The maximum absolute atomic E-state index is 14.0. The van der Waals surface area contributed by atoms with Crippen molar-refractivity contribution in [2.45, 2.75) is 13.0 Å². The molecule has 0 unspecified atom stereocenters. The number of H-pyrrole nitrogens is 1.